The first-order valence-corrected chi connectivity index (χ1v) is 10.2. The molecule has 0 radical (unpaired) electrons. The summed E-state index contributed by atoms with van der Waals surface area (Å²) in [6.45, 7) is 7.65. The molecular weight excluding hydrogens is 372 g/mol. The van der Waals surface area contributed by atoms with Gasteiger partial charge >= 0.3 is 5.97 Å². The van der Waals surface area contributed by atoms with Crippen molar-refractivity contribution in [2.45, 2.75) is 34.1 Å². The summed E-state index contributed by atoms with van der Waals surface area (Å²) in [7, 11) is 0. The van der Waals surface area contributed by atoms with E-state index in [2.05, 4.69) is 19.1 Å². The molecule has 0 bridgehead atoms. The molecular formula is C27H28O3. The van der Waals surface area contributed by atoms with Gasteiger partial charge in [-0.05, 0) is 79.3 Å². The van der Waals surface area contributed by atoms with Crippen molar-refractivity contribution >= 4 is 17.1 Å². The molecule has 0 atom stereocenters. The first-order valence-electron chi connectivity index (χ1n) is 10.2. The molecule has 0 saturated carbocycles. The topological polar surface area (TPSA) is 46.5 Å². The highest BCUT2D eigenvalue weighted by Gasteiger charge is 2.23. The van der Waals surface area contributed by atoms with Crippen LogP contribution in [0, 0.1) is 5.41 Å². The average Bonchev–Trinajstić information content (AvgIpc) is 2.73. The maximum Gasteiger partial charge on any atom is 0.316 e. The molecule has 3 heteroatoms. The summed E-state index contributed by atoms with van der Waals surface area (Å²) in [5, 5.41) is 9.74. The second-order valence-electron chi connectivity index (χ2n) is 8.28. The quantitative estimate of drug-likeness (QED) is 0.294. The van der Waals surface area contributed by atoms with Gasteiger partial charge in [-0.25, -0.2) is 0 Å². The average molecular weight is 401 g/mol. The summed E-state index contributed by atoms with van der Waals surface area (Å²) >= 11 is 0. The highest BCUT2D eigenvalue weighted by Crippen LogP contribution is 2.35. The largest absolute Gasteiger partial charge is 0.508 e. The van der Waals surface area contributed by atoms with E-state index in [0.717, 1.165) is 28.7 Å². The van der Waals surface area contributed by atoms with E-state index in [-0.39, 0.29) is 11.7 Å². The van der Waals surface area contributed by atoms with Gasteiger partial charge in [0.2, 0.25) is 0 Å². The molecule has 0 aliphatic carbocycles. The molecule has 3 rings (SSSR count). The van der Waals surface area contributed by atoms with Gasteiger partial charge in [0.05, 0.1) is 5.41 Å². The highest BCUT2D eigenvalue weighted by atomic mass is 16.5. The Labute approximate surface area is 178 Å². The monoisotopic (exact) mass is 400 g/mol. The van der Waals surface area contributed by atoms with Gasteiger partial charge in [-0.3, -0.25) is 4.79 Å². The lowest BCUT2D eigenvalue weighted by atomic mass is 9.88. The van der Waals surface area contributed by atoms with Crippen molar-refractivity contribution in [2.24, 2.45) is 5.41 Å². The van der Waals surface area contributed by atoms with Crippen molar-refractivity contribution in [3.05, 3.63) is 95.6 Å². The van der Waals surface area contributed by atoms with Crippen LogP contribution in [-0.2, 0) is 4.79 Å². The molecule has 30 heavy (non-hydrogen) atoms. The van der Waals surface area contributed by atoms with Crippen molar-refractivity contribution in [3.63, 3.8) is 0 Å². The van der Waals surface area contributed by atoms with Crippen LogP contribution in [0.5, 0.6) is 11.5 Å². The summed E-state index contributed by atoms with van der Waals surface area (Å²) in [6, 6.07) is 25.2. The van der Waals surface area contributed by atoms with Crippen molar-refractivity contribution in [1.82, 2.24) is 0 Å². The molecule has 3 nitrogen and oxygen atoms in total. The zero-order chi connectivity index (χ0) is 21.7. The molecule has 3 aromatic carbocycles. The summed E-state index contributed by atoms with van der Waals surface area (Å²) in [6.07, 6.45) is 0.848. The predicted molar refractivity (Wildman–Crippen MR) is 122 cm³/mol. The van der Waals surface area contributed by atoms with Crippen LogP contribution in [0.15, 0.2) is 78.9 Å². The summed E-state index contributed by atoms with van der Waals surface area (Å²) < 4.78 is 5.52. The van der Waals surface area contributed by atoms with E-state index in [0.29, 0.717) is 5.75 Å². The molecule has 0 aliphatic heterocycles. The number of esters is 1. The molecule has 0 aromatic heterocycles. The van der Waals surface area contributed by atoms with Gasteiger partial charge in [0.15, 0.2) is 0 Å². The van der Waals surface area contributed by atoms with E-state index in [1.807, 2.05) is 75.4 Å². The zero-order valence-corrected chi connectivity index (χ0v) is 18.0. The Morgan fingerprint density at radius 3 is 1.83 bits per heavy atom. The predicted octanol–water partition coefficient (Wildman–Crippen LogP) is 6.71. The molecule has 154 valence electrons. The molecule has 0 fully saturated rings. The fourth-order valence-corrected chi connectivity index (χ4v) is 3.26. The fourth-order valence-electron chi connectivity index (χ4n) is 3.26. The van der Waals surface area contributed by atoms with E-state index < -0.39 is 5.41 Å². The molecule has 1 N–H and O–H groups in total. The number of carbonyl (C=O) groups excluding carboxylic acids is 1. The lowest BCUT2D eigenvalue weighted by Gasteiger charge is -2.18. The van der Waals surface area contributed by atoms with Gasteiger partial charge < -0.3 is 9.84 Å². The van der Waals surface area contributed by atoms with Crippen LogP contribution in [0.3, 0.4) is 0 Å². The Balaban J connectivity index is 2.08. The standard InChI is InChI=1S/C27H28O3/c1-5-24(19-9-7-6-8-10-19)25(20-11-15-22(28)16-12-20)21-13-17-23(18-14-21)30-26(29)27(2,3)4/h6-18,28H,5H2,1-4H3/b25-24-. The Morgan fingerprint density at radius 2 is 1.33 bits per heavy atom. The summed E-state index contributed by atoms with van der Waals surface area (Å²) in [5.74, 6) is 0.505. The number of benzene rings is 3. The smallest absolute Gasteiger partial charge is 0.316 e. The second kappa shape index (κ2) is 9.00. The Morgan fingerprint density at radius 1 is 0.800 bits per heavy atom. The number of hydrogen-bond acceptors (Lipinski definition) is 3. The van der Waals surface area contributed by atoms with Gasteiger partial charge in [0, 0.05) is 0 Å². The van der Waals surface area contributed by atoms with Gasteiger partial charge in [-0.15, -0.1) is 0 Å². The number of rotatable bonds is 5. The number of aromatic hydroxyl groups is 1. The Bertz CT molecular complexity index is 1020. The van der Waals surface area contributed by atoms with E-state index in [9.17, 15) is 9.90 Å². The van der Waals surface area contributed by atoms with Crippen LogP contribution in [0.1, 0.15) is 50.8 Å². The van der Waals surface area contributed by atoms with Gasteiger partial charge in [-0.1, -0.05) is 61.5 Å². The maximum atomic E-state index is 12.2. The molecule has 3 aromatic rings. The van der Waals surface area contributed by atoms with E-state index in [1.54, 1.807) is 12.1 Å². The van der Waals surface area contributed by atoms with Crippen LogP contribution in [0.25, 0.3) is 11.1 Å². The number of allylic oxidation sites excluding steroid dienone is 1. The van der Waals surface area contributed by atoms with E-state index in [4.69, 9.17) is 4.74 Å². The van der Waals surface area contributed by atoms with E-state index in [1.165, 1.54) is 5.57 Å². The third-order valence-corrected chi connectivity index (χ3v) is 4.90. The molecule has 0 aliphatic rings. The van der Waals surface area contributed by atoms with Crippen molar-refractivity contribution < 1.29 is 14.6 Å². The number of phenols is 1. The van der Waals surface area contributed by atoms with Gasteiger partial charge in [-0.2, -0.15) is 0 Å². The number of phenolic OH excluding ortho intramolecular Hbond substituents is 1. The minimum absolute atomic E-state index is 0.236. The zero-order valence-electron chi connectivity index (χ0n) is 18.0. The Kier molecular flexibility index (Phi) is 6.41. The SMILES string of the molecule is CC/C(=C(\c1ccc(O)cc1)c1ccc(OC(=O)C(C)(C)C)cc1)c1ccccc1. The molecule has 0 amide bonds. The number of hydrogen-bond donors (Lipinski definition) is 1. The molecule has 0 spiro atoms. The van der Waals surface area contributed by atoms with Crippen LogP contribution in [0.2, 0.25) is 0 Å². The third-order valence-electron chi connectivity index (χ3n) is 4.90. The van der Waals surface area contributed by atoms with Crippen molar-refractivity contribution in [3.8, 4) is 11.5 Å². The summed E-state index contributed by atoms with van der Waals surface area (Å²) in [4.78, 5) is 12.2. The first kappa shape index (κ1) is 21.4. The minimum atomic E-state index is -0.557. The maximum absolute atomic E-state index is 12.2. The molecule has 0 saturated heterocycles. The van der Waals surface area contributed by atoms with Crippen LogP contribution in [-0.4, -0.2) is 11.1 Å². The lowest BCUT2D eigenvalue weighted by molar-refractivity contribution is -0.142. The lowest BCUT2D eigenvalue weighted by Crippen LogP contribution is -2.25. The second-order valence-corrected chi connectivity index (χ2v) is 8.28. The fraction of sp³-hybridized carbons (Fsp3) is 0.222. The van der Waals surface area contributed by atoms with Crippen LogP contribution >= 0.6 is 0 Å². The van der Waals surface area contributed by atoms with E-state index >= 15 is 0 Å². The molecule has 0 unspecified atom stereocenters. The first-order chi connectivity index (χ1) is 14.3. The Hall–Kier alpha value is -3.33. The third kappa shape index (κ3) is 4.98. The van der Waals surface area contributed by atoms with Crippen molar-refractivity contribution in [2.75, 3.05) is 0 Å². The van der Waals surface area contributed by atoms with Crippen molar-refractivity contribution in [1.29, 1.82) is 0 Å². The number of carbonyl (C=O) groups is 1. The van der Waals surface area contributed by atoms with Crippen LogP contribution < -0.4 is 4.74 Å². The normalized spacial score (nSPS) is 12.3. The highest BCUT2D eigenvalue weighted by molar-refractivity contribution is 5.98. The molecule has 0 heterocycles. The number of ether oxygens (including phenoxy) is 1. The minimum Gasteiger partial charge on any atom is -0.508 e. The van der Waals surface area contributed by atoms with Crippen LogP contribution in [0.4, 0.5) is 0 Å². The van der Waals surface area contributed by atoms with Gasteiger partial charge in [0.25, 0.3) is 0 Å². The summed E-state index contributed by atoms with van der Waals surface area (Å²) in [5.41, 5.74) is 4.95. The van der Waals surface area contributed by atoms with Gasteiger partial charge in [0.1, 0.15) is 11.5 Å².